The summed E-state index contributed by atoms with van der Waals surface area (Å²) in [6.07, 6.45) is 1.55. The third-order valence-electron chi connectivity index (χ3n) is 4.93. The van der Waals surface area contributed by atoms with Crippen LogP contribution in [-0.2, 0) is 9.59 Å². The summed E-state index contributed by atoms with van der Waals surface area (Å²) in [5.74, 6) is -1.61. The summed E-state index contributed by atoms with van der Waals surface area (Å²) >= 11 is 0. The molecule has 2 saturated heterocycles. The molecular weight excluding hydrogens is 299 g/mol. The van der Waals surface area contributed by atoms with Gasteiger partial charge in [0.2, 0.25) is 5.91 Å². The van der Waals surface area contributed by atoms with E-state index < -0.39 is 11.9 Å². The SMILES string of the molecule is C[C@@H]1CN(C2CCCN(c3cccc(F)c3)C2=O)C[C@H]1C(=O)O. The van der Waals surface area contributed by atoms with Crippen molar-refractivity contribution in [3.8, 4) is 0 Å². The molecule has 0 spiro atoms. The summed E-state index contributed by atoms with van der Waals surface area (Å²) < 4.78 is 13.4. The van der Waals surface area contributed by atoms with Crippen molar-refractivity contribution in [2.45, 2.75) is 25.8 Å². The second kappa shape index (κ2) is 6.28. The van der Waals surface area contributed by atoms with Gasteiger partial charge in [-0.1, -0.05) is 13.0 Å². The largest absolute Gasteiger partial charge is 0.481 e. The van der Waals surface area contributed by atoms with Crippen molar-refractivity contribution in [2.75, 3.05) is 24.5 Å². The fourth-order valence-electron chi connectivity index (χ4n) is 3.68. The molecule has 1 aromatic carbocycles. The Labute approximate surface area is 134 Å². The van der Waals surface area contributed by atoms with Gasteiger partial charge in [0.1, 0.15) is 5.82 Å². The average molecular weight is 320 g/mol. The Balaban J connectivity index is 1.77. The van der Waals surface area contributed by atoms with E-state index >= 15 is 0 Å². The number of carbonyl (C=O) groups excluding carboxylic acids is 1. The molecule has 23 heavy (non-hydrogen) atoms. The van der Waals surface area contributed by atoms with Gasteiger partial charge in [-0.15, -0.1) is 0 Å². The highest BCUT2D eigenvalue weighted by Gasteiger charge is 2.42. The second-order valence-corrected chi connectivity index (χ2v) is 6.50. The molecule has 2 fully saturated rings. The normalized spacial score (nSPS) is 29.0. The van der Waals surface area contributed by atoms with Crippen molar-refractivity contribution in [3.05, 3.63) is 30.1 Å². The van der Waals surface area contributed by atoms with E-state index in [0.29, 0.717) is 25.3 Å². The number of anilines is 1. The molecule has 2 aliphatic rings. The first-order valence-electron chi connectivity index (χ1n) is 8.01. The molecule has 6 heteroatoms. The summed E-state index contributed by atoms with van der Waals surface area (Å²) in [4.78, 5) is 27.7. The van der Waals surface area contributed by atoms with Gasteiger partial charge < -0.3 is 10.0 Å². The summed E-state index contributed by atoms with van der Waals surface area (Å²) in [7, 11) is 0. The molecule has 3 rings (SSSR count). The maximum absolute atomic E-state index is 13.4. The van der Waals surface area contributed by atoms with Gasteiger partial charge in [0, 0.05) is 25.3 Å². The summed E-state index contributed by atoms with van der Waals surface area (Å²) in [5, 5.41) is 9.26. The van der Waals surface area contributed by atoms with E-state index in [4.69, 9.17) is 0 Å². The second-order valence-electron chi connectivity index (χ2n) is 6.50. The third-order valence-corrected chi connectivity index (χ3v) is 4.93. The molecule has 1 amide bonds. The first-order valence-corrected chi connectivity index (χ1v) is 8.01. The number of carboxylic acid groups (broad SMARTS) is 1. The number of carboxylic acids is 1. The zero-order valence-electron chi connectivity index (χ0n) is 13.1. The number of aliphatic carboxylic acids is 1. The number of piperidine rings is 1. The van der Waals surface area contributed by atoms with Crippen LogP contribution in [0.25, 0.3) is 0 Å². The summed E-state index contributed by atoms with van der Waals surface area (Å²) in [5.41, 5.74) is 0.571. The van der Waals surface area contributed by atoms with E-state index in [0.717, 1.165) is 12.8 Å². The standard InChI is InChI=1S/C17H21FN2O3/c1-11-9-19(10-14(11)17(22)23)15-6-3-7-20(16(15)21)13-5-2-4-12(18)8-13/h2,4-5,8,11,14-15H,3,6-7,9-10H2,1H3,(H,22,23)/t11-,14-,15?/m1/s1. The topological polar surface area (TPSA) is 60.9 Å². The van der Waals surface area contributed by atoms with Crippen LogP contribution in [0.15, 0.2) is 24.3 Å². The highest BCUT2D eigenvalue weighted by Crippen LogP contribution is 2.30. The molecular formula is C17H21FN2O3. The fourth-order valence-corrected chi connectivity index (χ4v) is 3.68. The highest BCUT2D eigenvalue weighted by molar-refractivity contribution is 5.98. The van der Waals surface area contributed by atoms with Gasteiger partial charge in [-0.2, -0.15) is 0 Å². The molecule has 124 valence electrons. The zero-order valence-corrected chi connectivity index (χ0v) is 13.1. The smallest absolute Gasteiger partial charge is 0.308 e. The lowest BCUT2D eigenvalue weighted by atomic mass is 9.99. The number of hydrogen-bond acceptors (Lipinski definition) is 3. The van der Waals surface area contributed by atoms with E-state index in [-0.39, 0.29) is 23.7 Å². The van der Waals surface area contributed by atoms with Crippen molar-refractivity contribution < 1.29 is 19.1 Å². The number of carbonyl (C=O) groups is 2. The molecule has 1 N–H and O–H groups in total. The molecule has 5 nitrogen and oxygen atoms in total. The van der Waals surface area contributed by atoms with Crippen LogP contribution in [0.4, 0.5) is 10.1 Å². The van der Waals surface area contributed by atoms with Crippen LogP contribution in [0.5, 0.6) is 0 Å². The fraction of sp³-hybridized carbons (Fsp3) is 0.529. The number of nitrogens with zero attached hydrogens (tertiary/aromatic N) is 2. The lowest BCUT2D eigenvalue weighted by molar-refractivity contribution is -0.142. The zero-order chi connectivity index (χ0) is 16.6. The maximum Gasteiger partial charge on any atom is 0.308 e. The predicted molar refractivity (Wildman–Crippen MR) is 83.6 cm³/mol. The van der Waals surface area contributed by atoms with Crippen LogP contribution in [0, 0.1) is 17.7 Å². The Bertz CT molecular complexity index is 622. The van der Waals surface area contributed by atoms with Crippen molar-refractivity contribution in [1.29, 1.82) is 0 Å². The Morgan fingerprint density at radius 3 is 2.78 bits per heavy atom. The molecule has 0 radical (unpaired) electrons. The number of amides is 1. The van der Waals surface area contributed by atoms with Crippen LogP contribution in [0.1, 0.15) is 19.8 Å². The van der Waals surface area contributed by atoms with E-state index in [9.17, 15) is 19.1 Å². The van der Waals surface area contributed by atoms with E-state index in [1.54, 1.807) is 17.0 Å². The lowest BCUT2D eigenvalue weighted by Gasteiger charge is -2.37. The third kappa shape index (κ3) is 3.08. The van der Waals surface area contributed by atoms with E-state index in [1.165, 1.54) is 12.1 Å². The predicted octanol–water partition coefficient (Wildman–Crippen LogP) is 1.97. The quantitative estimate of drug-likeness (QED) is 0.925. The Kier molecular flexibility index (Phi) is 4.35. The van der Waals surface area contributed by atoms with Crippen molar-refractivity contribution in [3.63, 3.8) is 0 Å². The molecule has 0 saturated carbocycles. The first kappa shape index (κ1) is 15.9. The van der Waals surface area contributed by atoms with Gasteiger partial charge in [-0.05, 0) is 37.0 Å². The van der Waals surface area contributed by atoms with Crippen molar-refractivity contribution >= 4 is 17.6 Å². The molecule has 0 aromatic heterocycles. The van der Waals surface area contributed by atoms with Gasteiger partial charge in [-0.3, -0.25) is 14.5 Å². The maximum atomic E-state index is 13.4. The molecule has 1 unspecified atom stereocenters. The molecule has 3 atom stereocenters. The summed E-state index contributed by atoms with van der Waals surface area (Å²) in [6.45, 7) is 3.51. The average Bonchev–Trinajstić information content (AvgIpc) is 2.89. The molecule has 0 bridgehead atoms. The Hall–Kier alpha value is -1.95. The number of halogens is 1. The van der Waals surface area contributed by atoms with Gasteiger partial charge in [-0.25, -0.2) is 4.39 Å². The minimum absolute atomic E-state index is 0.0323. The molecule has 2 aliphatic heterocycles. The van der Waals surface area contributed by atoms with E-state index in [1.807, 2.05) is 11.8 Å². The molecule has 0 aliphatic carbocycles. The monoisotopic (exact) mass is 320 g/mol. The van der Waals surface area contributed by atoms with Crippen molar-refractivity contribution in [2.24, 2.45) is 11.8 Å². The number of hydrogen-bond donors (Lipinski definition) is 1. The van der Waals surface area contributed by atoms with Gasteiger partial charge in [0.05, 0.1) is 12.0 Å². The number of rotatable bonds is 3. The number of likely N-dealkylation sites (tertiary alicyclic amines) is 1. The highest BCUT2D eigenvalue weighted by atomic mass is 19.1. The summed E-state index contributed by atoms with van der Waals surface area (Å²) in [6, 6.07) is 5.75. The first-order chi connectivity index (χ1) is 11.0. The van der Waals surface area contributed by atoms with Crippen LogP contribution >= 0.6 is 0 Å². The van der Waals surface area contributed by atoms with Crippen LogP contribution in [0.2, 0.25) is 0 Å². The Morgan fingerprint density at radius 2 is 2.13 bits per heavy atom. The van der Waals surface area contributed by atoms with Gasteiger partial charge in [0.15, 0.2) is 0 Å². The lowest BCUT2D eigenvalue weighted by Crippen LogP contribution is -2.52. The van der Waals surface area contributed by atoms with Crippen LogP contribution in [-0.4, -0.2) is 47.6 Å². The van der Waals surface area contributed by atoms with E-state index in [2.05, 4.69) is 0 Å². The minimum atomic E-state index is -0.801. The Morgan fingerprint density at radius 1 is 1.35 bits per heavy atom. The van der Waals surface area contributed by atoms with Gasteiger partial charge >= 0.3 is 5.97 Å². The number of benzene rings is 1. The van der Waals surface area contributed by atoms with Gasteiger partial charge in [0.25, 0.3) is 0 Å². The van der Waals surface area contributed by atoms with Crippen LogP contribution in [0.3, 0.4) is 0 Å². The molecule has 1 aromatic rings. The molecule has 2 heterocycles. The minimum Gasteiger partial charge on any atom is -0.481 e. The van der Waals surface area contributed by atoms with Crippen molar-refractivity contribution in [1.82, 2.24) is 4.90 Å². The van der Waals surface area contributed by atoms with Crippen LogP contribution < -0.4 is 4.90 Å².